The molecule has 1 saturated heterocycles. The molecule has 0 bridgehead atoms. The summed E-state index contributed by atoms with van der Waals surface area (Å²) in [5.41, 5.74) is 0. The van der Waals surface area contributed by atoms with Gasteiger partial charge in [0.15, 0.2) is 9.84 Å². The predicted octanol–water partition coefficient (Wildman–Crippen LogP) is 1.61. The maximum atomic E-state index is 11.6. The number of hydrogen-bond acceptors (Lipinski definition) is 2. The fourth-order valence-electron chi connectivity index (χ4n) is 1.87. The fraction of sp³-hybridized carbons (Fsp3) is 1.00. The van der Waals surface area contributed by atoms with Crippen LogP contribution in [0.25, 0.3) is 0 Å². The molecule has 3 heteroatoms. The summed E-state index contributed by atoms with van der Waals surface area (Å²) in [7, 11) is -2.85. The van der Waals surface area contributed by atoms with Crippen LogP contribution in [0.1, 0.15) is 34.1 Å². The van der Waals surface area contributed by atoms with Gasteiger partial charge < -0.3 is 0 Å². The molecule has 1 heterocycles. The Labute approximate surface area is 68.9 Å². The van der Waals surface area contributed by atoms with Crippen LogP contribution in [0.5, 0.6) is 0 Å². The molecule has 0 aromatic carbocycles. The average molecular weight is 176 g/mol. The van der Waals surface area contributed by atoms with Crippen molar-refractivity contribution in [2.45, 2.75) is 44.1 Å². The normalized spacial score (nSPS) is 40.7. The fourth-order valence-corrected chi connectivity index (χ4v) is 4.08. The first-order valence-corrected chi connectivity index (χ1v) is 5.57. The van der Waals surface area contributed by atoms with Crippen molar-refractivity contribution in [2.24, 2.45) is 5.92 Å². The van der Waals surface area contributed by atoms with Crippen LogP contribution in [-0.2, 0) is 9.84 Å². The summed E-state index contributed by atoms with van der Waals surface area (Å²) in [4.78, 5) is 0. The Bertz CT molecular complexity index is 251. The first kappa shape index (κ1) is 9.04. The summed E-state index contributed by atoms with van der Waals surface area (Å²) >= 11 is 0. The Kier molecular flexibility index (Phi) is 1.82. The average Bonchev–Trinajstić information content (AvgIpc) is 1.93. The van der Waals surface area contributed by atoms with Gasteiger partial charge in [-0.1, -0.05) is 6.92 Å². The highest BCUT2D eigenvalue weighted by Crippen LogP contribution is 2.40. The van der Waals surface area contributed by atoms with Crippen molar-refractivity contribution in [3.63, 3.8) is 0 Å². The first-order valence-electron chi connectivity index (χ1n) is 4.02. The van der Waals surface area contributed by atoms with Gasteiger partial charge in [0, 0.05) is 0 Å². The van der Waals surface area contributed by atoms with Gasteiger partial charge in [-0.05, 0) is 33.1 Å². The Hall–Kier alpha value is -0.0500. The topological polar surface area (TPSA) is 34.1 Å². The lowest BCUT2D eigenvalue weighted by Crippen LogP contribution is -2.29. The molecular formula is C8H16O2S. The van der Waals surface area contributed by atoms with Crippen molar-refractivity contribution >= 4 is 9.84 Å². The second-order valence-electron chi connectivity index (χ2n) is 4.19. The van der Waals surface area contributed by atoms with E-state index in [9.17, 15) is 8.42 Å². The zero-order valence-corrected chi connectivity index (χ0v) is 8.40. The summed E-state index contributed by atoms with van der Waals surface area (Å²) in [6.07, 6.45) is 0.802. The number of sulfone groups is 1. The van der Waals surface area contributed by atoms with E-state index in [-0.39, 0.29) is 5.25 Å². The van der Waals surface area contributed by atoms with Gasteiger partial charge in [-0.15, -0.1) is 0 Å². The van der Waals surface area contributed by atoms with Crippen molar-refractivity contribution in [1.29, 1.82) is 0 Å². The van der Waals surface area contributed by atoms with Crippen LogP contribution in [0.2, 0.25) is 0 Å². The summed E-state index contributed by atoms with van der Waals surface area (Å²) in [5, 5.41) is -0.155. The van der Waals surface area contributed by atoms with E-state index in [1.165, 1.54) is 0 Å². The van der Waals surface area contributed by atoms with Crippen LogP contribution in [-0.4, -0.2) is 18.4 Å². The zero-order chi connectivity index (χ0) is 8.86. The lowest BCUT2D eigenvalue weighted by molar-refractivity contribution is 0.504. The molecule has 0 aromatic rings. The van der Waals surface area contributed by atoms with Gasteiger partial charge in [0.25, 0.3) is 0 Å². The smallest absolute Gasteiger partial charge is 0.158 e. The number of hydrogen-bond donors (Lipinski definition) is 0. The molecule has 2 nitrogen and oxygen atoms in total. The largest absolute Gasteiger partial charge is 0.228 e. The molecular weight excluding hydrogens is 160 g/mol. The molecule has 0 aromatic heterocycles. The predicted molar refractivity (Wildman–Crippen MR) is 46.2 cm³/mol. The summed E-state index contributed by atoms with van der Waals surface area (Å²) < 4.78 is 22.8. The molecule has 2 atom stereocenters. The van der Waals surface area contributed by atoms with Gasteiger partial charge in [0.1, 0.15) is 0 Å². The van der Waals surface area contributed by atoms with Gasteiger partial charge >= 0.3 is 0 Å². The van der Waals surface area contributed by atoms with Crippen molar-refractivity contribution in [3.05, 3.63) is 0 Å². The monoisotopic (exact) mass is 176 g/mol. The van der Waals surface area contributed by atoms with Gasteiger partial charge in [0.05, 0.1) is 10.00 Å². The van der Waals surface area contributed by atoms with E-state index < -0.39 is 14.6 Å². The molecule has 1 aliphatic heterocycles. The lowest BCUT2D eigenvalue weighted by atomic mass is 9.97. The second-order valence-corrected chi connectivity index (χ2v) is 7.13. The number of rotatable bonds is 0. The molecule has 1 aliphatic rings. The van der Waals surface area contributed by atoms with E-state index in [0.29, 0.717) is 5.92 Å². The van der Waals surface area contributed by atoms with Crippen LogP contribution in [0, 0.1) is 5.92 Å². The Balaban J connectivity index is 3.13. The second kappa shape index (κ2) is 2.22. The molecule has 66 valence electrons. The maximum absolute atomic E-state index is 11.6. The lowest BCUT2D eigenvalue weighted by Gasteiger charge is -2.16. The van der Waals surface area contributed by atoms with Crippen LogP contribution in [0.4, 0.5) is 0 Å². The molecule has 0 amide bonds. The van der Waals surface area contributed by atoms with Crippen LogP contribution < -0.4 is 0 Å². The highest BCUT2D eigenvalue weighted by Gasteiger charge is 2.48. The zero-order valence-electron chi connectivity index (χ0n) is 7.59. The highest BCUT2D eigenvalue weighted by molar-refractivity contribution is 7.93. The summed E-state index contributed by atoms with van der Waals surface area (Å²) in [5.74, 6) is 0.315. The SMILES string of the molecule is CC1CC(C)(C)S(=O)(=O)C1C. The van der Waals surface area contributed by atoms with E-state index >= 15 is 0 Å². The van der Waals surface area contributed by atoms with Gasteiger partial charge in [-0.25, -0.2) is 8.42 Å². The first-order chi connectivity index (χ1) is 4.79. The van der Waals surface area contributed by atoms with Gasteiger partial charge in [-0.2, -0.15) is 0 Å². The summed E-state index contributed by atoms with van der Waals surface area (Å²) in [6, 6.07) is 0. The van der Waals surface area contributed by atoms with E-state index in [1.807, 2.05) is 27.7 Å². The third-order valence-electron chi connectivity index (χ3n) is 2.87. The summed E-state index contributed by atoms with van der Waals surface area (Å²) in [6.45, 7) is 7.47. The molecule has 0 aliphatic carbocycles. The van der Waals surface area contributed by atoms with Gasteiger partial charge in [0.2, 0.25) is 0 Å². The molecule has 0 saturated carbocycles. The van der Waals surface area contributed by atoms with Crippen molar-refractivity contribution in [3.8, 4) is 0 Å². The van der Waals surface area contributed by atoms with Crippen molar-refractivity contribution < 1.29 is 8.42 Å². The maximum Gasteiger partial charge on any atom is 0.158 e. The minimum atomic E-state index is -2.85. The van der Waals surface area contributed by atoms with Crippen LogP contribution in [0.15, 0.2) is 0 Å². The van der Waals surface area contributed by atoms with Crippen molar-refractivity contribution in [1.82, 2.24) is 0 Å². The van der Waals surface area contributed by atoms with E-state index in [2.05, 4.69) is 0 Å². The Morgan fingerprint density at radius 1 is 1.27 bits per heavy atom. The molecule has 0 radical (unpaired) electrons. The quantitative estimate of drug-likeness (QED) is 0.562. The standard InChI is InChI=1S/C8H16O2S/c1-6-5-8(3,4)11(9,10)7(6)2/h6-7H,5H2,1-4H3. The van der Waals surface area contributed by atoms with Crippen LogP contribution >= 0.6 is 0 Å². The minimum absolute atomic E-state index is 0.155. The molecule has 2 unspecified atom stereocenters. The van der Waals surface area contributed by atoms with E-state index in [0.717, 1.165) is 6.42 Å². The minimum Gasteiger partial charge on any atom is -0.228 e. The molecule has 11 heavy (non-hydrogen) atoms. The van der Waals surface area contributed by atoms with E-state index in [1.54, 1.807) is 0 Å². The van der Waals surface area contributed by atoms with Gasteiger partial charge in [-0.3, -0.25) is 0 Å². The van der Waals surface area contributed by atoms with Crippen LogP contribution in [0.3, 0.4) is 0 Å². The van der Waals surface area contributed by atoms with Crippen molar-refractivity contribution in [2.75, 3.05) is 0 Å². The third-order valence-corrected chi connectivity index (χ3v) is 6.03. The highest BCUT2D eigenvalue weighted by atomic mass is 32.2. The molecule has 1 rings (SSSR count). The molecule has 0 spiro atoms. The molecule has 0 N–H and O–H groups in total. The Morgan fingerprint density at radius 3 is 1.82 bits per heavy atom. The van der Waals surface area contributed by atoms with E-state index in [4.69, 9.17) is 0 Å². The third kappa shape index (κ3) is 1.10. The Morgan fingerprint density at radius 2 is 1.73 bits per heavy atom. The molecule has 1 fully saturated rings.